The lowest BCUT2D eigenvalue weighted by molar-refractivity contribution is -0.274. The molecule has 0 saturated heterocycles. The van der Waals surface area contributed by atoms with Gasteiger partial charge in [-0.15, -0.1) is 13.2 Å². The molecule has 0 aliphatic heterocycles. The first-order valence-electron chi connectivity index (χ1n) is 5.36. The molecule has 1 aromatic carbocycles. The van der Waals surface area contributed by atoms with Crippen molar-refractivity contribution in [2.24, 2.45) is 0 Å². The van der Waals surface area contributed by atoms with Crippen molar-refractivity contribution in [3.05, 3.63) is 29.3 Å². The van der Waals surface area contributed by atoms with Crippen LogP contribution in [0.4, 0.5) is 13.2 Å². The first kappa shape index (κ1) is 13.4. The van der Waals surface area contributed by atoms with Gasteiger partial charge in [0.25, 0.3) is 0 Å². The van der Waals surface area contributed by atoms with Gasteiger partial charge < -0.3 is 9.47 Å². The number of fused-ring (bicyclic) bond motifs is 1. The van der Waals surface area contributed by atoms with Gasteiger partial charge in [0, 0.05) is 18.1 Å². The van der Waals surface area contributed by atoms with E-state index in [-0.39, 0.29) is 23.3 Å². The Bertz CT molecular complexity index is 534. The lowest BCUT2D eigenvalue weighted by Gasteiger charge is -2.13. The Labute approximate surface area is 106 Å². The van der Waals surface area contributed by atoms with E-state index in [9.17, 15) is 22.8 Å². The molecule has 1 atom stereocenters. The zero-order valence-electron chi connectivity index (χ0n) is 9.78. The van der Waals surface area contributed by atoms with E-state index in [2.05, 4.69) is 4.74 Å². The third-order valence-corrected chi connectivity index (χ3v) is 2.58. The van der Waals surface area contributed by atoms with E-state index in [0.29, 0.717) is 0 Å². The first-order valence-corrected chi connectivity index (χ1v) is 5.36. The molecule has 1 aliphatic rings. The van der Waals surface area contributed by atoms with Crippen molar-refractivity contribution in [1.82, 2.24) is 0 Å². The molecule has 1 unspecified atom stereocenters. The van der Waals surface area contributed by atoms with Crippen LogP contribution in [0.1, 0.15) is 35.4 Å². The van der Waals surface area contributed by atoms with Gasteiger partial charge in [-0.25, -0.2) is 0 Å². The number of Topliss-reactive ketones (excluding diaryl/α,β-unsaturated/α-hetero) is 1. The second-order valence-corrected chi connectivity index (χ2v) is 4.02. The molecule has 4 nitrogen and oxygen atoms in total. The van der Waals surface area contributed by atoms with Crippen LogP contribution in [0.2, 0.25) is 0 Å². The summed E-state index contributed by atoms with van der Waals surface area (Å²) in [5.74, 6) is -1.33. The van der Waals surface area contributed by atoms with Gasteiger partial charge >= 0.3 is 12.3 Å². The van der Waals surface area contributed by atoms with Crippen LogP contribution in [-0.2, 0) is 9.53 Å². The number of rotatable bonds is 2. The smallest absolute Gasteiger partial charge is 0.457 e. The van der Waals surface area contributed by atoms with Crippen LogP contribution in [-0.4, -0.2) is 18.1 Å². The predicted molar refractivity (Wildman–Crippen MR) is 56.6 cm³/mol. The Morgan fingerprint density at radius 3 is 2.63 bits per heavy atom. The lowest BCUT2D eigenvalue weighted by Crippen LogP contribution is -2.17. The maximum Gasteiger partial charge on any atom is 0.573 e. The minimum absolute atomic E-state index is 0.0651. The zero-order chi connectivity index (χ0) is 14.2. The maximum absolute atomic E-state index is 12.1. The van der Waals surface area contributed by atoms with E-state index >= 15 is 0 Å². The number of carbonyl (C=O) groups excluding carboxylic acids is 2. The largest absolute Gasteiger partial charge is 0.573 e. The summed E-state index contributed by atoms with van der Waals surface area (Å²) < 4.78 is 45.0. The van der Waals surface area contributed by atoms with E-state index < -0.39 is 24.2 Å². The normalized spacial score (nSPS) is 18.1. The number of ether oxygens (including phenoxy) is 2. The van der Waals surface area contributed by atoms with Gasteiger partial charge in [-0.05, 0) is 18.2 Å². The Hall–Kier alpha value is -2.05. The van der Waals surface area contributed by atoms with Crippen LogP contribution >= 0.6 is 0 Å². The molecule has 2 rings (SSSR count). The van der Waals surface area contributed by atoms with E-state index in [0.717, 1.165) is 12.1 Å². The summed E-state index contributed by atoms with van der Waals surface area (Å²) in [6.45, 7) is 1.17. The SMILES string of the molecule is CC(=O)OC1CC(=O)c2ccc(OC(F)(F)F)cc21. The van der Waals surface area contributed by atoms with Crippen molar-refractivity contribution in [1.29, 1.82) is 0 Å². The van der Waals surface area contributed by atoms with Gasteiger partial charge in [-0.3, -0.25) is 9.59 Å². The van der Waals surface area contributed by atoms with Gasteiger partial charge in [0.15, 0.2) is 5.78 Å². The van der Waals surface area contributed by atoms with Gasteiger partial charge in [0.2, 0.25) is 0 Å². The fraction of sp³-hybridized carbons (Fsp3) is 0.333. The highest BCUT2D eigenvalue weighted by Gasteiger charge is 2.35. The van der Waals surface area contributed by atoms with Crippen LogP contribution in [0.3, 0.4) is 0 Å². The number of hydrogen-bond donors (Lipinski definition) is 0. The average Bonchev–Trinajstić information content (AvgIpc) is 2.52. The molecule has 0 heterocycles. The minimum atomic E-state index is -4.81. The Morgan fingerprint density at radius 1 is 1.37 bits per heavy atom. The highest BCUT2D eigenvalue weighted by Crippen LogP contribution is 2.37. The third-order valence-electron chi connectivity index (χ3n) is 2.58. The second-order valence-electron chi connectivity index (χ2n) is 4.02. The highest BCUT2D eigenvalue weighted by molar-refractivity contribution is 6.01. The van der Waals surface area contributed by atoms with Crippen molar-refractivity contribution in [2.45, 2.75) is 25.8 Å². The molecular formula is C12H9F3O4. The molecule has 0 saturated carbocycles. The minimum Gasteiger partial charge on any atom is -0.457 e. The van der Waals surface area contributed by atoms with Crippen LogP contribution in [0, 0.1) is 0 Å². The quantitative estimate of drug-likeness (QED) is 0.778. The molecule has 1 aliphatic carbocycles. The molecule has 0 amide bonds. The number of alkyl halides is 3. The van der Waals surface area contributed by atoms with Gasteiger partial charge in [0.05, 0.1) is 6.42 Å². The van der Waals surface area contributed by atoms with E-state index in [1.54, 1.807) is 0 Å². The number of ketones is 1. The number of halogens is 3. The summed E-state index contributed by atoms with van der Waals surface area (Å²) in [6, 6.07) is 3.37. The highest BCUT2D eigenvalue weighted by atomic mass is 19.4. The summed E-state index contributed by atoms with van der Waals surface area (Å²) in [7, 11) is 0. The molecule has 0 N–H and O–H groups in total. The molecule has 0 spiro atoms. The van der Waals surface area contributed by atoms with Crippen molar-refractivity contribution in [3.8, 4) is 5.75 Å². The molecular weight excluding hydrogens is 265 g/mol. The maximum atomic E-state index is 12.1. The molecule has 0 aromatic heterocycles. The summed E-state index contributed by atoms with van der Waals surface area (Å²) in [5.41, 5.74) is 0.489. The molecule has 0 radical (unpaired) electrons. The third kappa shape index (κ3) is 3.04. The second kappa shape index (κ2) is 4.56. The van der Waals surface area contributed by atoms with E-state index in [1.807, 2.05) is 0 Å². The van der Waals surface area contributed by atoms with Crippen molar-refractivity contribution in [3.63, 3.8) is 0 Å². The molecule has 1 aromatic rings. The first-order chi connectivity index (χ1) is 8.76. The van der Waals surface area contributed by atoms with Crippen LogP contribution in [0.25, 0.3) is 0 Å². The molecule has 102 valence electrons. The topological polar surface area (TPSA) is 52.6 Å². The number of esters is 1. The fourth-order valence-corrected chi connectivity index (χ4v) is 1.95. The van der Waals surface area contributed by atoms with Crippen molar-refractivity contribution in [2.75, 3.05) is 0 Å². The lowest BCUT2D eigenvalue weighted by atomic mass is 10.1. The fourth-order valence-electron chi connectivity index (χ4n) is 1.95. The van der Waals surface area contributed by atoms with Crippen LogP contribution in [0.15, 0.2) is 18.2 Å². The van der Waals surface area contributed by atoms with Crippen molar-refractivity contribution >= 4 is 11.8 Å². The summed E-state index contributed by atoms with van der Waals surface area (Å²) in [5, 5.41) is 0. The standard InChI is InChI=1S/C12H9F3O4/c1-6(16)18-11-5-10(17)8-3-2-7(4-9(8)11)19-12(13,14)15/h2-4,11H,5H2,1H3. The molecule has 0 fully saturated rings. The average molecular weight is 274 g/mol. The summed E-state index contributed by atoms with van der Waals surface area (Å²) in [4.78, 5) is 22.5. The molecule has 19 heavy (non-hydrogen) atoms. The zero-order valence-corrected chi connectivity index (χ0v) is 9.78. The van der Waals surface area contributed by atoms with E-state index in [4.69, 9.17) is 4.74 Å². The monoisotopic (exact) mass is 274 g/mol. The summed E-state index contributed by atoms with van der Waals surface area (Å²) in [6.07, 6.45) is -5.73. The summed E-state index contributed by atoms with van der Waals surface area (Å²) >= 11 is 0. The van der Waals surface area contributed by atoms with Crippen LogP contribution in [0.5, 0.6) is 5.75 Å². The Morgan fingerprint density at radius 2 is 2.05 bits per heavy atom. The number of carbonyl (C=O) groups is 2. The van der Waals surface area contributed by atoms with Gasteiger partial charge in [-0.1, -0.05) is 0 Å². The number of benzene rings is 1. The number of hydrogen-bond acceptors (Lipinski definition) is 4. The Balaban J connectivity index is 2.32. The van der Waals surface area contributed by atoms with Crippen LogP contribution < -0.4 is 4.74 Å². The molecule has 7 heteroatoms. The van der Waals surface area contributed by atoms with E-state index in [1.165, 1.54) is 13.0 Å². The molecule has 0 bridgehead atoms. The van der Waals surface area contributed by atoms with Gasteiger partial charge in [0.1, 0.15) is 11.9 Å². The van der Waals surface area contributed by atoms with Crippen molar-refractivity contribution < 1.29 is 32.2 Å². The Kier molecular flexibility index (Phi) is 3.21. The predicted octanol–water partition coefficient (Wildman–Crippen LogP) is 2.78. The van der Waals surface area contributed by atoms with Gasteiger partial charge in [-0.2, -0.15) is 0 Å².